The molecule has 1 N–H and O–H groups in total. The van der Waals surface area contributed by atoms with Crippen LogP contribution in [-0.2, 0) is 0 Å². The van der Waals surface area contributed by atoms with Crippen molar-refractivity contribution in [2.24, 2.45) is 0 Å². The molecule has 0 unspecified atom stereocenters. The SMILES string of the molecule is CCN(C)c1ccc(C(=O)Nc2cccc(-n3nc(C)cc3C)c2)cc1. The Morgan fingerprint density at radius 3 is 2.46 bits per heavy atom. The molecule has 2 aromatic carbocycles. The summed E-state index contributed by atoms with van der Waals surface area (Å²) in [4.78, 5) is 14.7. The summed E-state index contributed by atoms with van der Waals surface area (Å²) in [6.07, 6.45) is 0. The lowest BCUT2D eigenvalue weighted by Crippen LogP contribution is -2.16. The fourth-order valence-corrected chi connectivity index (χ4v) is 2.86. The second-order valence-electron chi connectivity index (χ2n) is 6.40. The number of hydrogen-bond donors (Lipinski definition) is 1. The molecule has 0 aliphatic heterocycles. The molecule has 0 spiro atoms. The number of amides is 1. The Morgan fingerprint density at radius 2 is 1.85 bits per heavy atom. The molecular formula is C21H24N4O. The average molecular weight is 348 g/mol. The predicted molar refractivity (Wildman–Crippen MR) is 106 cm³/mol. The normalized spacial score (nSPS) is 10.6. The van der Waals surface area contributed by atoms with Crippen LogP contribution in [0.2, 0.25) is 0 Å². The Hall–Kier alpha value is -3.08. The Labute approximate surface area is 154 Å². The van der Waals surface area contributed by atoms with E-state index in [-0.39, 0.29) is 5.91 Å². The molecule has 3 aromatic rings. The predicted octanol–water partition coefficient (Wildman–Crippen LogP) is 4.20. The molecule has 0 saturated carbocycles. The van der Waals surface area contributed by atoms with Crippen molar-refractivity contribution in [3.8, 4) is 5.69 Å². The molecule has 1 amide bonds. The molecule has 5 heteroatoms. The van der Waals surface area contributed by atoms with E-state index in [1.165, 1.54) is 0 Å². The fourth-order valence-electron chi connectivity index (χ4n) is 2.86. The van der Waals surface area contributed by atoms with E-state index < -0.39 is 0 Å². The highest BCUT2D eigenvalue weighted by atomic mass is 16.1. The van der Waals surface area contributed by atoms with Gasteiger partial charge in [0.1, 0.15) is 0 Å². The van der Waals surface area contributed by atoms with Crippen molar-refractivity contribution in [1.29, 1.82) is 0 Å². The Morgan fingerprint density at radius 1 is 1.12 bits per heavy atom. The van der Waals surface area contributed by atoms with Gasteiger partial charge in [0.05, 0.1) is 11.4 Å². The number of anilines is 2. The molecule has 0 fully saturated rings. The van der Waals surface area contributed by atoms with E-state index in [1.54, 1.807) is 0 Å². The third-order valence-electron chi connectivity index (χ3n) is 4.40. The molecule has 0 saturated heterocycles. The minimum atomic E-state index is -0.124. The summed E-state index contributed by atoms with van der Waals surface area (Å²) in [5.74, 6) is -0.124. The summed E-state index contributed by atoms with van der Waals surface area (Å²) in [5, 5.41) is 7.46. The minimum absolute atomic E-state index is 0.124. The van der Waals surface area contributed by atoms with Crippen molar-refractivity contribution in [2.75, 3.05) is 23.8 Å². The van der Waals surface area contributed by atoms with Crippen molar-refractivity contribution < 1.29 is 4.79 Å². The number of carbonyl (C=O) groups excluding carboxylic acids is 1. The Bertz CT molecular complexity index is 912. The van der Waals surface area contributed by atoms with Crippen LogP contribution in [0.1, 0.15) is 28.7 Å². The highest BCUT2D eigenvalue weighted by molar-refractivity contribution is 6.04. The minimum Gasteiger partial charge on any atom is -0.375 e. The molecular weight excluding hydrogens is 324 g/mol. The summed E-state index contributed by atoms with van der Waals surface area (Å²) in [6.45, 7) is 7.00. The number of nitrogens with one attached hydrogen (secondary N) is 1. The summed E-state index contributed by atoms with van der Waals surface area (Å²) < 4.78 is 1.88. The van der Waals surface area contributed by atoms with Gasteiger partial charge in [-0.1, -0.05) is 6.07 Å². The molecule has 0 aliphatic rings. The number of aromatic nitrogens is 2. The zero-order valence-electron chi connectivity index (χ0n) is 15.7. The first-order chi connectivity index (χ1) is 12.5. The quantitative estimate of drug-likeness (QED) is 0.752. The van der Waals surface area contributed by atoms with E-state index >= 15 is 0 Å². The number of carbonyl (C=O) groups is 1. The van der Waals surface area contributed by atoms with Gasteiger partial charge in [-0.2, -0.15) is 5.10 Å². The van der Waals surface area contributed by atoms with Gasteiger partial charge in [-0.15, -0.1) is 0 Å². The van der Waals surface area contributed by atoms with Crippen LogP contribution in [0.3, 0.4) is 0 Å². The number of hydrogen-bond acceptors (Lipinski definition) is 3. The van der Waals surface area contributed by atoms with E-state index in [0.717, 1.165) is 35.0 Å². The highest BCUT2D eigenvalue weighted by Crippen LogP contribution is 2.19. The molecule has 0 atom stereocenters. The summed E-state index contributed by atoms with van der Waals surface area (Å²) in [5.41, 5.74) is 5.42. The monoisotopic (exact) mass is 348 g/mol. The van der Waals surface area contributed by atoms with Crippen LogP contribution in [-0.4, -0.2) is 29.3 Å². The zero-order chi connectivity index (χ0) is 18.7. The molecule has 0 bridgehead atoms. The maximum atomic E-state index is 12.5. The zero-order valence-corrected chi connectivity index (χ0v) is 15.7. The lowest BCUT2D eigenvalue weighted by Gasteiger charge is -2.16. The molecule has 3 rings (SSSR count). The maximum absolute atomic E-state index is 12.5. The van der Waals surface area contributed by atoms with E-state index in [9.17, 15) is 4.79 Å². The van der Waals surface area contributed by atoms with Crippen LogP contribution in [0.25, 0.3) is 5.69 Å². The largest absolute Gasteiger partial charge is 0.375 e. The summed E-state index contributed by atoms with van der Waals surface area (Å²) in [7, 11) is 2.03. The van der Waals surface area contributed by atoms with E-state index in [4.69, 9.17) is 0 Å². The van der Waals surface area contributed by atoms with Crippen LogP contribution in [0.15, 0.2) is 54.6 Å². The molecule has 0 aliphatic carbocycles. The first-order valence-corrected chi connectivity index (χ1v) is 8.74. The van der Waals surface area contributed by atoms with Crippen LogP contribution >= 0.6 is 0 Å². The van der Waals surface area contributed by atoms with Gasteiger partial charge >= 0.3 is 0 Å². The highest BCUT2D eigenvalue weighted by Gasteiger charge is 2.09. The molecule has 1 aromatic heterocycles. The summed E-state index contributed by atoms with van der Waals surface area (Å²) in [6, 6.07) is 17.4. The Balaban J connectivity index is 1.77. The van der Waals surface area contributed by atoms with Gasteiger partial charge in [0.15, 0.2) is 0 Å². The first kappa shape index (κ1) is 17.7. The van der Waals surface area contributed by atoms with E-state index in [0.29, 0.717) is 5.56 Å². The summed E-state index contributed by atoms with van der Waals surface area (Å²) >= 11 is 0. The number of benzene rings is 2. The van der Waals surface area contributed by atoms with Crippen molar-refractivity contribution >= 4 is 17.3 Å². The maximum Gasteiger partial charge on any atom is 0.255 e. The molecule has 134 valence electrons. The van der Waals surface area contributed by atoms with Crippen LogP contribution in [0, 0.1) is 13.8 Å². The average Bonchev–Trinajstić information content (AvgIpc) is 2.99. The first-order valence-electron chi connectivity index (χ1n) is 8.74. The van der Waals surface area contributed by atoms with Crippen molar-refractivity contribution in [1.82, 2.24) is 9.78 Å². The van der Waals surface area contributed by atoms with Crippen molar-refractivity contribution in [3.63, 3.8) is 0 Å². The van der Waals surface area contributed by atoms with E-state index in [2.05, 4.69) is 22.2 Å². The van der Waals surface area contributed by atoms with Crippen LogP contribution in [0.5, 0.6) is 0 Å². The number of aryl methyl sites for hydroxylation is 2. The van der Waals surface area contributed by atoms with Crippen LogP contribution < -0.4 is 10.2 Å². The lowest BCUT2D eigenvalue weighted by molar-refractivity contribution is 0.102. The van der Waals surface area contributed by atoms with Gasteiger partial charge in [0.25, 0.3) is 5.91 Å². The Kier molecular flexibility index (Phi) is 5.07. The topological polar surface area (TPSA) is 50.2 Å². The van der Waals surface area contributed by atoms with Crippen LogP contribution in [0.4, 0.5) is 11.4 Å². The third-order valence-corrected chi connectivity index (χ3v) is 4.40. The number of nitrogens with zero attached hydrogens (tertiary/aromatic N) is 3. The third kappa shape index (κ3) is 3.77. The van der Waals surface area contributed by atoms with Crippen molar-refractivity contribution in [2.45, 2.75) is 20.8 Å². The number of rotatable bonds is 5. The van der Waals surface area contributed by atoms with Gasteiger partial charge in [0, 0.05) is 36.2 Å². The molecule has 0 radical (unpaired) electrons. The lowest BCUT2D eigenvalue weighted by atomic mass is 10.1. The van der Waals surface area contributed by atoms with Gasteiger partial charge in [-0.3, -0.25) is 4.79 Å². The van der Waals surface area contributed by atoms with Gasteiger partial charge in [0.2, 0.25) is 0 Å². The molecule has 1 heterocycles. The molecule has 26 heavy (non-hydrogen) atoms. The second kappa shape index (κ2) is 7.44. The smallest absolute Gasteiger partial charge is 0.255 e. The van der Waals surface area contributed by atoms with Gasteiger partial charge < -0.3 is 10.2 Å². The van der Waals surface area contributed by atoms with Crippen molar-refractivity contribution in [3.05, 3.63) is 71.5 Å². The fraction of sp³-hybridized carbons (Fsp3) is 0.238. The standard InChI is InChI=1S/C21H24N4O/c1-5-24(4)19-11-9-17(10-12-19)21(26)22-18-7-6-8-20(14-18)25-16(3)13-15(2)23-25/h6-14H,5H2,1-4H3,(H,22,26). The second-order valence-corrected chi connectivity index (χ2v) is 6.40. The van der Waals surface area contributed by atoms with E-state index in [1.807, 2.05) is 80.2 Å². The van der Waals surface area contributed by atoms with Gasteiger partial charge in [-0.05, 0) is 69.3 Å². The van der Waals surface area contributed by atoms with Gasteiger partial charge in [-0.25, -0.2) is 4.68 Å². The molecule has 5 nitrogen and oxygen atoms in total.